The lowest BCUT2D eigenvalue weighted by atomic mass is 9.76. The first kappa shape index (κ1) is 21.4. The average molecular weight is 361 g/mol. The molecule has 1 aromatic rings. The number of hydrogen-bond acceptors (Lipinski definition) is 6. The van der Waals surface area contributed by atoms with Crippen LogP contribution >= 0.6 is 0 Å². The fourth-order valence-electron chi connectivity index (χ4n) is 2.90. The molecule has 1 aromatic carbocycles. The van der Waals surface area contributed by atoms with E-state index in [4.69, 9.17) is 9.47 Å². The van der Waals surface area contributed by atoms with E-state index in [1.807, 2.05) is 0 Å². The third-order valence-corrected chi connectivity index (χ3v) is 4.02. The van der Waals surface area contributed by atoms with Crippen LogP contribution < -0.4 is 5.11 Å². The number of carbonyl (C=O) groups excluding carboxylic acids is 3. The molecule has 142 valence electrons. The van der Waals surface area contributed by atoms with Crippen LogP contribution in [0.15, 0.2) is 35.6 Å². The second-order valence-electron chi connectivity index (χ2n) is 5.86. The molecule has 0 aliphatic heterocycles. The zero-order valence-corrected chi connectivity index (χ0v) is 15.8. The number of ether oxygens (including phenoxy) is 2. The summed E-state index contributed by atoms with van der Waals surface area (Å²) in [5, 5.41) is 12.3. The monoisotopic (exact) mass is 361 g/mol. The summed E-state index contributed by atoms with van der Waals surface area (Å²) in [4.78, 5) is 37.3. The largest absolute Gasteiger partial charge is 0.875 e. The van der Waals surface area contributed by atoms with E-state index >= 15 is 0 Å². The molecule has 0 aliphatic carbocycles. The molecule has 0 fully saturated rings. The minimum absolute atomic E-state index is 0.0697. The fourth-order valence-corrected chi connectivity index (χ4v) is 2.90. The van der Waals surface area contributed by atoms with Crippen molar-refractivity contribution >= 4 is 17.7 Å². The first-order valence-electron chi connectivity index (χ1n) is 8.53. The molecule has 26 heavy (non-hydrogen) atoms. The van der Waals surface area contributed by atoms with E-state index in [1.54, 1.807) is 45.0 Å². The van der Waals surface area contributed by atoms with Crippen molar-refractivity contribution in [2.45, 2.75) is 40.5 Å². The molecule has 0 amide bonds. The first-order chi connectivity index (χ1) is 12.3. The fraction of sp³-hybridized carbons (Fsp3) is 0.450. The number of carbonyl (C=O) groups is 3. The molecule has 0 heterocycles. The Kier molecular flexibility index (Phi) is 8.03. The van der Waals surface area contributed by atoms with Crippen LogP contribution in [0.1, 0.15) is 44.7 Å². The summed E-state index contributed by atoms with van der Waals surface area (Å²) >= 11 is 0. The molecule has 0 radical (unpaired) electrons. The van der Waals surface area contributed by atoms with Crippen LogP contribution in [0.2, 0.25) is 0 Å². The SMILES string of the molecule is CCOC(=O)/C(=C(\C)[O-])C(c1ccccc1C)C(C(C)=O)C(=O)OCC. The van der Waals surface area contributed by atoms with Crippen molar-refractivity contribution in [1.82, 2.24) is 0 Å². The van der Waals surface area contributed by atoms with Crippen LogP contribution in [0, 0.1) is 12.8 Å². The molecule has 0 saturated carbocycles. The normalized spacial score (nSPS) is 14.0. The van der Waals surface area contributed by atoms with E-state index in [9.17, 15) is 19.5 Å². The number of hydrogen-bond donors (Lipinski definition) is 0. The van der Waals surface area contributed by atoms with Gasteiger partial charge in [-0.3, -0.25) is 9.59 Å². The zero-order valence-electron chi connectivity index (χ0n) is 15.8. The Labute approximate surface area is 153 Å². The number of allylic oxidation sites excluding steroid dienone is 1. The van der Waals surface area contributed by atoms with Crippen LogP contribution in [0.3, 0.4) is 0 Å². The van der Waals surface area contributed by atoms with Gasteiger partial charge in [-0.1, -0.05) is 31.2 Å². The van der Waals surface area contributed by atoms with Gasteiger partial charge in [0, 0.05) is 11.5 Å². The zero-order chi connectivity index (χ0) is 19.9. The first-order valence-corrected chi connectivity index (χ1v) is 8.53. The number of ketones is 1. The van der Waals surface area contributed by atoms with Crippen molar-refractivity contribution < 1.29 is 29.0 Å². The van der Waals surface area contributed by atoms with Gasteiger partial charge in [-0.25, -0.2) is 4.79 Å². The lowest BCUT2D eigenvalue weighted by molar-refractivity contribution is -0.303. The molecular weight excluding hydrogens is 336 g/mol. The number of benzene rings is 1. The van der Waals surface area contributed by atoms with Crippen LogP contribution in [0.5, 0.6) is 0 Å². The van der Waals surface area contributed by atoms with E-state index in [0.717, 1.165) is 5.56 Å². The minimum atomic E-state index is -1.31. The van der Waals surface area contributed by atoms with Gasteiger partial charge in [0.25, 0.3) is 0 Å². The van der Waals surface area contributed by atoms with E-state index in [-0.39, 0.29) is 18.8 Å². The topological polar surface area (TPSA) is 92.7 Å². The van der Waals surface area contributed by atoms with Crippen molar-refractivity contribution in [3.8, 4) is 0 Å². The van der Waals surface area contributed by atoms with Crippen molar-refractivity contribution in [3.05, 3.63) is 46.7 Å². The van der Waals surface area contributed by atoms with Gasteiger partial charge in [-0.15, -0.1) is 5.76 Å². The quantitative estimate of drug-likeness (QED) is 0.304. The third kappa shape index (κ3) is 4.94. The van der Waals surface area contributed by atoms with Crippen LogP contribution in [0.25, 0.3) is 0 Å². The molecule has 0 N–H and O–H groups in total. The number of rotatable bonds is 8. The molecular formula is C20H25O6-. The Hall–Kier alpha value is -2.63. The van der Waals surface area contributed by atoms with Gasteiger partial charge in [0.15, 0.2) is 0 Å². The van der Waals surface area contributed by atoms with E-state index in [0.29, 0.717) is 5.56 Å². The molecule has 0 bridgehead atoms. The van der Waals surface area contributed by atoms with Gasteiger partial charge in [-0.05, 0) is 38.8 Å². The van der Waals surface area contributed by atoms with Crippen LogP contribution in [-0.2, 0) is 23.9 Å². The molecule has 0 aliphatic rings. The maximum Gasteiger partial charge on any atom is 0.333 e. The Morgan fingerprint density at radius 1 is 1.04 bits per heavy atom. The Morgan fingerprint density at radius 3 is 2.08 bits per heavy atom. The molecule has 0 aromatic heterocycles. The minimum Gasteiger partial charge on any atom is -0.875 e. The van der Waals surface area contributed by atoms with Gasteiger partial charge in [0.05, 0.1) is 13.2 Å². The Balaban J connectivity index is 3.69. The number of aryl methyl sites for hydroxylation is 1. The maximum absolute atomic E-state index is 12.5. The number of Topliss-reactive ketones (excluding diaryl/α,β-unsaturated/α-hetero) is 1. The predicted octanol–water partition coefficient (Wildman–Crippen LogP) is 2.04. The summed E-state index contributed by atoms with van der Waals surface area (Å²) in [5.41, 5.74) is 1.06. The summed E-state index contributed by atoms with van der Waals surface area (Å²) in [6, 6.07) is 6.99. The lowest BCUT2D eigenvalue weighted by Gasteiger charge is -2.29. The van der Waals surface area contributed by atoms with Crippen molar-refractivity contribution in [1.29, 1.82) is 0 Å². The van der Waals surface area contributed by atoms with Gasteiger partial charge in [0.1, 0.15) is 11.7 Å². The molecule has 2 unspecified atom stereocenters. The van der Waals surface area contributed by atoms with Gasteiger partial charge < -0.3 is 14.6 Å². The Bertz CT molecular complexity index is 700. The highest BCUT2D eigenvalue weighted by Crippen LogP contribution is 2.37. The standard InChI is InChI=1S/C20H26O6/c1-6-25-19(23)16(13(4)21)18(15-11-9-8-10-12(15)3)17(14(5)22)20(24)26-7-2/h8-11,16,18,22H,6-7H2,1-5H3/p-1/b17-14+. The average Bonchev–Trinajstić information content (AvgIpc) is 2.54. The summed E-state index contributed by atoms with van der Waals surface area (Å²) in [5.74, 6) is -5.00. The molecule has 0 saturated heterocycles. The third-order valence-electron chi connectivity index (χ3n) is 4.02. The van der Waals surface area contributed by atoms with Crippen molar-refractivity contribution in [2.75, 3.05) is 13.2 Å². The molecule has 1 rings (SSSR count). The highest BCUT2D eigenvalue weighted by molar-refractivity contribution is 6.02. The molecule has 6 heteroatoms. The van der Waals surface area contributed by atoms with E-state index < -0.39 is 35.3 Å². The highest BCUT2D eigenvalue weighted by atomic mass is 16.5. The van der Waals surface area contributed by atoms with Crippen LogP contribution in [0.4, 0.5) is 0 Å². The molecule has 6 nitrogen and oxygen atoms in total. The maximum atomic E-state index is 12.5. The molecule has 2 atom stereocenters. The van der Waals surface area contributed by atoms with Gasteiger partial charge >= 0.3 is 11.9 Å². The van der Waals surface area contributed by atoms with Crippen molar-refractivity contribution in [3.63, 3.8) is 0 Å². The second-order valence-corrected chi connectivity index (χ2v) is 5.86. The van der Waals surface area contributed by atoms with E-state index in [2.05, 4.69) is 0 Å². The Morgan fingerprint density at radius 2 is 1.62 bits per heavy atom. The van der Waals surface area contributed by atoms with Crippen LogP contribution in [-0.4, -0.2) is 30.9 Å². The number of esters is 2. The highest BCUT2D eigenvalue weighted by Gasteiger charge is 2.40. The summed E-state index contributed by atoms with van der Waals surface area (Å²) in [6.07, 6.45) is 0. The summed E-state index contributed by atoms with van der Waals surface area (Å²) in [7, 11) is 0. The second kappa shape index (κ2) is 9.75. The van der Waals surface area contributed by atoms with E-state index in [1.165, 1.54) is 13.8 Å². The smallest absolute Gasteiger partial charge is 0.333 e. The summed E-state index contributed by atoms with van der Waals surface area (Å²) < 4.78 is 10.1. The lowest BCUT2D eigenvalue weighted by Crippen LogP contribution is -2.35. The van der Waals surface area contributed by atoms with Gasteiger partial charge in [-0.2, -0.15) is 0 Å². The van der Waals surface area contributed by atoms with Crippen molar-refractivity contribution in [2.24, 2.45) is 5.92 Å². The van der Waals surface area contributed by atoms with Gasteiger partial charge in [0.2, 0.25) is 0 Å². The molecule has 0 spiro atoms. The summed E-state index contributed by atoms with van der Waals surface area (Å²) in [6.45, 7) is 7.65. The predicted molar refractivity (Wildman–Crippen MR) is 94.1 cm³/mol.